The number of pyridine rings is 1. The van der Waals surface area contributed by atoms with Gasteiger partial charge >= 0.3 is 0 Å². The van der Waals surface area contributed by atoms with Gasteiger partial charge in [-0.1, -0.05) is 37.3 Å². The predicted octanol–water partition coefficient (Wildman–Crippen LogP) is 2.87. The van der Waals surface area contributed by atoms with Crippen molar-refractivity contribution in [2.75, 3.05) is 13.1 Å². The normalized spacial score (nSPS) is 18.0. The van der Waals surface area contributed by atoms with Gasteiger partial charge in [0.25, 0.3) is 5.56 Å². The van der Waals surface area contributed by atoms with Gasteiger partial charge in [-0.25, -0.2) is 0 Å². The van der Waals surface area contributed by atoms with E-state index in [-0.39, 0.29) is 23.5 Å². The lowest BCUT2D eigenvalue weighted by Crippen LogP contribution is -2.34. The van der Waals surface area contributed by atoms with Crippen molar-refractivity contribution in [1.29, 1.82) is 0 Å². The van der Waals surface area contributed by atoms with Crippen LogP contribution in [0.15, 0.2) is 47.3 Å². The fraction of sp³-hybridized carbons (Fsp3) is 0.429. The van der Waals surface area contributed by atoms with Crippen molar-refractivity contribution in [2.24, 2.45) is 7.05 Å². The van der Waals surface area contributed by atoms with Crippen LogP contribution in [0.2, 0.25) is 0 Å². The van der Waals surface area contributed by atoms with Crippen molar-refractivity contribution in [3.8, 4) is 5.75 Å². The monoisotopic (exact) mass is 354 g/mol. The number of nitrogens with zero attached hydrogens (tertiary/aromatic N) is 2. The van der Waals surface area contributed by atoms with E-state index in [0.29, 0.717) is 18.8 Å². The molecule has 2 atom stereocenters. The quantitative estimate of drug-likeness (QED) is 0.830. The summed E-state index contributed by atoms with van der Waals surface area (Å²) in [5, 5.41) is 0. The molecule has 1 aliphatic heterocycles. The maximum atomic E-state index is 12.9. The van der Waals surface area contributed by atoms with E-state index in [1.54, 1.807) is 11.6 Å². The van der Waals surface area contributed by atoms with E-state index >= 15 is 0 Å². The Morgan fingerprint density at radius 3 is 2.65 bits per heavy atom. The molecule has 0 spiro atoms. The molecule has 2 unspecified atom stereocenters. The highest BCUT2D eigenvalue weighted by Crippen LogP contribution is 2.25. The Kier molecular flexibility index (Phi) is 5.45. The van der Waals surface area contributed by atoms with Crippen molar-refractivity contribution in [3.05, 3.63) is 64.1 Å². The molecule has 2 heterocycles. The summed E-state index contributed by atoms with van der Waals surface area (Å²) in [6.07, 6.45) is 1.49. The fourth-order valence-corrected chi connectivity index (χ4v) is 3.48. The summed E-state index contributed by atoms with van der Waals surface area (Å²) in [6.45, 7) is 5.18. The molecule has 3 rings (SSSR count). The molecule has 1 aliphatic rings. The molecule has 0 saturated carbocycles. The Morgan fingerprint density at radius 2 is 2.00 bits per heavy atom. The summed E-state index contributed by atoms with van der Waals surface area (Å²) < 4.78 is 7.57. The number of likely N-dealkylation sites (tertiary alicyclic amines) is 1. The maximum absolute atomic E-state index is 12.9. The number of rotatable bonds is 5. The van der Waals surface area contributed by atoms with E-state index in [4.69, 9.17) is 4.74 Å². The Balaban J connectivity index is 1.66. The molecule has 1 amide bonds. The van der Waals surface area contributed by atoms with Crippen molar-refractivity contribution < 1.29 is 9.53 Å². The van der Waals surface area contributed by atoms with E-state index in [1.807, 2.05) is 55.1 Å². The predicted molar refractivity (Wildman–Crippen MR) is 102 cm³/mol. The second-order valence-corrected chi connectivity index (χ2v) is 6.91. The molecule has 2 aromatic rings. The summed E-state index contributed by atoms with van der Waals surface area (Å²) >= 11 is 0. The van der Waals surface area contributed by atoms with Crippen LogP contribution in [-0.2, 0) is 11.8 Å². The van der Waals surface area contributed by atoms with Gasteiger partial charge in [-0.3, -0.25) is 9.59 Å². The van der Waals surface area contributed by atoms with Crippen molar-refractivity contribution in [1.82, 2.24) is 9.47 Å². The molecule has 0 bridgehead atoms. The fourth-order valence-electron chi connectivity index (χ4n) is 3.48. The lowest BCUT2D eigenvalue weighted by Gasteiger charge is -2.23. The highest BCUT2D eigenvalue weighted by molar-refractivity contribution is 5.84. The second kappa shape index (κ2) is 7.77. The van der Waals surface area contributed by atoms with Crippen LogP contribution < -0.4 is 10.3 Å². The Morgan fingerprint density at radius 1 is 1.27 bits per heavy atom. The molecule has 1 saturated heterocycles. The number of carbonyl (C=O) groups excluding carboxylic acids is 1. The maximum Gasteiger partial charge on any atom is 0.254 e. The van der Waals surface area contributed by atoms with Crippen LogP contribution in [-0.4, -0.2) is 34.6 Å². The van der Waals surface area contributed by atoms with Gasteiger partial charge in [0.15, 0.2) is 0 Å². The number of hydrogen-bond donors (Lipinski definition) is 0. The van der Waals surface area contributed by atoms with Crippen molar-refractivity contribution in [3.63, 3.8) is 0 Å². The summed E-state index contributed by atoms with van der Waals surface area (Å²) in [5.74, 6) is 0.631. The van der Waals surface area contributed by atoms with E-state index < -0.39 is 0 Å². The Bertz CT molecular complexity index is 829. The zero-order chi connectivity index (χ0) is 18.7. The third-order valence-electron chi connectivity index (χ3n) is 5.14. The lowest BCUT2D eigenvalue weighted by molar-refractivity contribution is -0.132. The van der Waals surface area contributed by atoms with Crippen LogP contribution in [0.25, 0.3) is 0 Å². The molecule has 0 aliphatic carbocycles. The molecule has 5 heteroatoms. The van der Waals surface area contributed by atoms with E-state index in [9.17, 15) is 9.59 Å². The van der Waals surface area contributed by atoms with Gasteiger partial charge in [0.2, 0.25) is 5.91 Å². The van der Waals surface area contributed by atoms with E-state index in [0.717, 1.165) is 24.1 Å². The van der Waals surface area contributed by atoms with Crippen molar-refractivity contribution >= 4 is 5.91 Å². The SMILES string of the molecule is CCC(C(=O)N1CCC(Oc2cc(C)n(C)c(=O)c2)C1)c1ccccc1. The molecular formula is C21H26N2O3. The van der Waals surface area contributed by atoms with Gasteiger partial charge in [0.1, 0.15) is 11.9 Å². The van der Waals surface area contributed by atoms with Gasteiger partial charge in [0.05, 0.1) is 12.5 Å². The van der Waals surface area contributed by atoms with Crippen LogP contribution in [0.1, 0.15) is 36.9 Å². The number of ether oxygens (including phenoxy) is 1. The molecule has 0 N–H and O–H groups in total. The van der Waals surface area contributed by atoms with Gasteiger partial charge in [-0.2, -0.15) is 0 Å². The number of carbonyl (C=O) groups is 1. The Hall–Kier alpha value is -2.56. The average Bonchev–Trinajstić information content (AvgIpc) is 3.09. The zero-order valence-corrected chi connectivity index (χ0v) is 15.6. The van der Waals surface area contributed by atoms with Gasteiger partial charge in [-0.05, 0) is 25.0 Å². The topological polar surface area (TPSA) is 51.5 Å². The molecule has 1 aromatic carbocycles. The molecule has 26 heavy (non-hydrogen) atoms. The minimum atomic E-state index is -0.110. The minimum absolute atomic E-state index is 0.0706. The second-order valence-electron chi connectivity index (χ2n) is 6.91. The summed E-state index contributed by atoms with van der Waals surface area (Å²) in [4.78, 5) is 26.7. The molecule has 1 aromatic heterocycles. The first-order valence-corrected chi connectivity index (χ1v) is 9.17. The number of benzene rings is 1. The van der Waals surface area contributed by atoms with Crippen LogP contribution in [0.4, 0.5) is 0 Å². The van der Waals surface area contributed by atoms with Crippen LogP contribution >= 0.6 is 0 Å². The molecule has 0 radical (unpaired) electrons. The number of aromatic nitrogens is 1. The van der Waals surface area contributed by atoms with E-state index in [2.05, 4.69) is 0 Å². The number of hydrogen-bond acceptors (Lipinski definition) is 3. The van der Waals surface area contributed by atoms with Gasteiger partial charge in [0, 0.05) is 31.8 Å². The summed E-state index contributed by atoms with van der Waals surface area (Å²) in [6, 6.07) is 13.3. The lowest BCUT2D eigenvalue weighted by atomic mass is 9.95. The van der Waals surface area contributed by atoms with Gasteiger partial charge in [-0.15, -0.1) is 0 Å². The van der Waals surface area contributed by atoms with Crippen LogP contribution in [0.5, 0.6) is 5.75 Å². The smallest absolute Gasteiger partial charge is 0.254 e. The first-order chi connectivity index (χ1) is 12.5. The standard InChI is InChI=1S/C21H26N2O3/c1-4-19(16-8-6-5-7-9-16)21(25)23-11-10-17(14-23)26-18-12-15(2)22(3)20(24)13-18/h5-9,12-13,17,19H,4,10-11,14H2,1-3H3. The molecule has 5 nitrogen and oxygen atoms in total. The summed E-state index contributed by atoms with van der Waals surface area (Å²) in [5.41, 5.74) is 1.83. The summed E-state index contributed by atoms with van der Waals surface area (Å²) in [7, 11) is 1.74. The first-order valence-electron chi connectivity index (χ1n) is 9.17. The van der Waals surface area contributed by atoms with Crippen LogP contribution in [0.3, 0.4) is 0 Å². The Labute approximate surface area is 154 Å². The van der Waals surface area contributed by atoms with Crippen LogP contribution in [0, 0.1) is 6.92 Å². The van der Waals surface area contributed by atoms with Crippen molar-refractivity contribution in [2.45, 2.75) is 38.7 Å². The minimum Gasteiger partial charge on any atom is -0.488 e. The highest BCUT2D eigenvalue weighted by Gasteiger charge is 2.31. The third-order valence-corrected chi connectivity index (χ3v) is 5.14. The third kappa shape index (κ3) is 3.82. The number of aryl methyl sites for hydroxylation is 1. The molecular weight excluding hydrogens is 328 g/mol. The van der Waals surface area contributed by atoms with E-state index in [1.165, 1.54) is 6.07 Å². The molecule has 1 fully saturated rings. The van der Waals surface area contributed by atoms with Gasteiger partial charge < -0.3 is 14.2 Å². The number of amides is 1. The average molecular weight is 354 g/mol. The molecule has 138 valence electrons. The first kappa shape index (κ1) is 18.2. The largest absolute Gasteiger partial charge is 0.488 e. The highest BCUT2D eigenvalue weighted by atomic mass is 16.5. The zero-order valence-electron chi connectivity index (χ0n) is 15.6.